The van der Waals surface area contributed by atoms with E-state index < -0.39 is 11.9 Å². The molecule has 0 bridgehead atoms. The second-order valence-corrected chi connectivity index (χ2v) is 10.1. The van der Waals surface area contributed by atoms with Crippen molar-refractivity contribution in [3.63, 3.8) is 0 Å². The molecule has 3 aromatic heterocycles. The second kappa shape index (κ2) is 9.14. The number of ether oxygens (including phenoxy) is 1. The van der Waals surface area contributed by atoms with E-state index in [0.29, 0.717) is 16.2 Å². The molecule has 0 saturated carbocycles. The van der Waals surface area contributed by atoms with Crippen LogP contribution < -0.4 is 10.5 Å². The lowest BCUT2D eigenvalue weighted by molar-refractivity contribution is 0.227. The van der Waals surface area contributed by atoms with Gasteiger partial charge in [-0.15, -0.1) is 11.3 Å². The number of thiophene rings is 1. The second-order valence-electron chi connectivity index (χ2n) is 8.13. The minimum absolute atomic E-state index is 0.0852. The van der Waals surface area contributed by atoms with Crippen molar-refractivity contribution in [2.24, 2.45) is 0 Å². The third kappa shape index (κ3) is 4.30. The highest BCUT2D eigenvalue weighted by Gasteiger charge is 2.23. The third-order valence-corrected chi connectivity index (χ3v) is 7.70. The largest absolute Gasteiger partial charge is 0.478 e. The van der Waals surface area contributed by atoms with Crippen LogP contribution in [0.4, 0.5) is 10.2 Å². The molecule has 2 N–H and O–H groups in total. The number of hydrogen-bond donors (Lipinski definition) is 1. The summed E-state index contributed by atoms with van der Waals surface area (Å²) in [7, 11) is 0. The highest BCUT2D eigenvalue weighted by Crippen LogP contribution is 2.43. The van der Waals surface area contributed by atoms with E-state index in [1.54, 1.807) is 30.7 Å². The molecule has 0 spiro atoms. The van der Waals surface area contributed by atoms with Gasteiger partial charge in [-0.25, -0.2) is 9.37 Å². The van der Waals surface area contributed by atoms with Crippen molar-refractivity contribution in [3.8, 4) is 16.2 Å². The summed E-state index contributed by atoms with van der Waals surface area (Å²) in [6.45, 7) is 5.00. The quantitative estimate of drug-likeness (QED) is 0.278. The molecule has 172 valence electrons. The van der Waals surface area contributed by atoms with E-state index >= 15 is 0 Å². The number of hydrogen-bond acceptors (Lipinski definition) is 6. The Labute approximate surface area is 204 Å². The van der Waals surface area contributed by atoms with Gasteiger partial charge in [0.2, 0.25) is 5.75 Å². The van der Waals surface area contributed by atoms with Crippen LogP contribution in [-0.4, -0.2) is 23.0 Å². The molecule has 4 aromatic rings. The molecule has 1 aliphatic heterocycles. The zero-order valence-corrected chi connectivity index (χ0v) is 20.2. The van der Waals surface area contributed by atoms with E-state index in [4.69, 9.17) is 38.1 Å². The monoisotopic (exact) mass is 505 g/mol. The van der Waals surface area contributed by atoms with Gasteiger partial charge in [-0.2, -0.15) is 0 Å². The molecule has 33 heavy (non-hydrogen) atoms. The topological polar surface area (TPSA) is 64.5 Å². The smallest absolute Gasteiger partial charge is 0.205 e. The number of nitrogens with two attached hydrogens (primary N) is 1. The Morgan fingerprint density at radius 2 is 2.03 bits per heavy atom. The number of pyridine rings is 1. The van der Waals surface area contributed by atoms with Crippen LogP contribution in [0.5, 0.6) is 5.75 Å². The lowest BCUT2D eigenvalue weighted by atomic mass is 10.1. The zero-order valence-electron chi connectivity index (χ0n) is 17.9. The van der Waals surface area contributed by atoms with Gasteiger partial charge in [0.25, 0.3) is 0 Å². The number of anilines is 1. The fourth-order valence-corrected chi connectivity index (χ4v) is 5.95. The van der Waals surface area contributed by atoms with Crippen LogP contribution in [0, 0.1) is 5.82 Å². The Morgan fingerprint density at radius 3 is 2.82 bits per heavy atom. The first kappa shape index (κ1) is 22.5. The molecule has 1 aromatic carbocycles. The van der Waals surface area contributed by atoms with E-state index in [1.807, 2.05) is 0 Å². The molecule has 1 saturated heterocycles. The molecule has 5 rings (SSSR count). The van der Waals surface area contributed by atoms with Crippen molar-refractivity contribution in [3.05, 3.63) is 63.0 Å². The van der Waals surface area contributed by atoms with E-state index in [9.17, 15) is 4.39 Å². The lowest BCUT2D eigenvalue weighted by Gasteiger charge is -2.18. The summed E-state index contributed by atoms with van der Waals surface area (Å²) in [5.41, 5.74) is 7.86. The van der Waals surface area contributed by atoms with Crippen molar-refractivity contribution in [1.29, 1.82) is 0 Å². The van der Waals surface area contributed by atoms with Crippen LogP contribution in [0.15, 0.2) is 41.1 Å². The Morgan fingerprint density at radius 1 is 1.24 bits per heavy atom. The van der Waals surface area contributed by atoms with Gasteiger partial charge in [0.1, 0.15) is 18.2 Å². The van der Waals surface area contributed by atoms with Crippen molar-refractivity contribution in [1.82, 2.24) is 9.88 Å². The molecular weight excluding hydrogens is 484 g/mol. The molecule has 5 nitrogen and oxygen atoms in total. The highest BCUT2D eigenvalue weighted by atomic mass is 35.5. The Hall–Kier alpha value is -2.32. The predicted octanol–water partition coefficient (Wildman–Crippen LogP) is 7.32. The maximum atomic E-state index is 14.0. The van der Waals surface area contributed by atoms with Gasteiger partial charge in [0.15, 0.2) is 11.4 Å². The number of benzene rings is 1. The van der Waals surface area contributed by atoms with E-state index in [-0.39, 0.29) is 16.6 Å². The number of aromatic nitrogens is 1. The number of likely N-dealkylation sites (tertiary alicyclic amines) is 1. The molecule has 0 radical (unpaired) electrons. The first-order valence-electron chi connectivity index (χ1n) is 10.7. The average molecular weight is 506 g/mol. The molecule has 9 heteroatoms. The van der Waals surface area contributed by atoms with Crippen molar-refractivity contribution >= 4 is 51.3 Å². The molecule has 1 atom stereocenters. The zero-order chi connectivity index (χ0) is 23.1. The van der Waals surface area contributed by atoms with Crippen LogP contribution in [0.1, 0.15) is 36.3 Å². The summed E-state index contributed by atoms with van der Waals surface area (Å²) in [6.07, 6.45) is 5.23. The maximum Gasteiger partial charge on any atom is 0.205 e. The predicted molar refractivity (Wildman–Crippen MR) is 132 cm³/mol. The minimum Gasteiger partial charge on any atom is -0.478 e. The van der Waals surface area contributed by atoms with E-state index in [0.717, 1.165) is 35.5 Å². The Balaban J connectivity index is 1.46. The third-order valence-electron chi connectivity index (χ3n) is 5.89. The number of nitrogens with zero attached hydrogens (tertiary/aromatic N) is 2. The maximum absolute atomic E-state index is 14.0. The van der Waals surface area contributed by atoms with Crippen LogP contribution >= 0.6 is 34.5 Å². The van der Waals surface area contributed by atoms with Gasteiger partial charge in [-0.3, -0.25) is 4.90 Å². The normalized spacial score (nSPS) is 15.4. The fourth-order valence-electron chi connectivity index (χ4n) is 4.20. The number of nitrogen functional groups attached to an aromatic ring is 1. The first-order valence-corrected chi connectivity index (χ1v) is 12.3. The molecule has 1 aliphatic rings. The van der Waals surface area contributed by atoms with Gasteiger partial charge >= 0.3 is 0 Å². The summed E-state index contributed by atoms with van der Waals surface area (Å²) >= 11 is 14.2. The van der Waals surface area contributed by atoms with Crippen LogP contribution in [0.2, 0.25) is 10.0 Å². The average Bonchev–Trinajstić information content (AvgIpc) is 3.54. The molecule has 0 aliphatic carbocycles. The van der Waals surface area contributed by atoms with Gasteiger partial charge in [-0.1, -0.05) is 23.2 Å². The lowest BCUT2D eigenvalue weighted by Crippen LogP contribution is -2.17. The highest BCUT2D eigenvalue weighted by molar-refractivity contribution is 7.15. The molecule has 1 fully saturated rings. The minimum atomic E-state index is -0.683. The summed E-state index contributed by atoms with van der Waals surface area (Å²) in [5.74, 6) is -0.130. The summed E-state index contributed by atoms with van der Waals surface area (Å²) in [5, 5.41) is 1.01. The summed E-state index contributed by atoms with van der Waals surface area (Å²) in [4.78, 5) is 9.19. The fraction of sp³-hybridized carbons (Fsp3) is 0.292. The summed E-state index contributed by atoms with van der Waals surface area (Å²) < 4.78 is 26.0. The van der Waals surface area contributed by atoms with Gasteiger partial charge in [-0.05, 0) is 57.1 Å². The summed E-state index contributed by atoms with van der Waals surface area (Å²) in [6, 6.07) is 6.93. The van der Waals surface area contributed by atoms with Crippen LogP contribution in [-0.2, 0) is 6.54 Å². The van der Waals surface area contributed by atoms with E-state index in [2.05, 4.69) is 22.0 Å². The number of fused-ring (bicyclic) bond motifs is 1. The first-order chi connectivity index (χ1) is 15.9. The molecule has 0 amide bonds. The van der Waals surface area contributed by atoms with Crippen LogP contribution in [0.3, 0.4) is 0 Å². The van der Waals surface area contributed by atoms with Crippen molar-refractivity contribution < 1.29 is 13.5 Å². The Kier molecular flexibility index (Phi) is 6.22. The van der Waals surface area contributed by atoms with Gasteiger partial charge < -0.3 is 14.9 Å². The number of rotatable bonds is 6. The molecular formula is C24H22Cl2FN3O2S. The van der Waals surface area contributed by atoms with Gasteiger partial charge in [0.05, 0.1) is 10.4 Å². The molecule has 4 heterocycles. The SMILES string of the molecule is C[C@@H](Oc1c(N)ncc2c(-c3ccc(CN4CCCC4)s3)coc12)c1c(Cl)ccc(F)c1Cl. The van der Waals surface area contributed by atoms with Crippen molar-refractivity contribution in [2.75, 3.05) is 18.8 Å². The van der Waals surface area contributed by atoms with Gasteiger partial charge in [0, 0.05) is 38.6 Å². The van der Waals surface area contributed by atoms with Crippen molar-refractivity contribution in [2.45, 2.75) is 32.4 Å². The Bertz CT molecular complexity index is 1320. The molecule has 0 unspecified atom stereocenters. The number of halogens is 3. The number of furan rings is 1. The standard InChI is InChI=1S/C24H22Cl2FN3O2S/c1-13(20-17(25)5-6-18(27)21(20)26)32-23-22-15(10-29-24(23)28)16(12-31-22)19-7-4-14(33-19)11-30-8-2-3-9-30/h4-7,10,12-13H,2-3,8-9,11H2,1H3,(H2,28,29)/t13-/m1/s1. The van der Waals surface area contributed by atoms with Crippen LogP contribution in [0.25, 0.3) is 21.4 Å². The van der Waals surface area contributed by atoms with E-state index in [1.165, 1.54) is 29.9 Å².